The second-order valence-electron chi connectivity index (χ2n) is 2.57. The van der Waals surface area contributed by atoms with Crippen LogP contribution < -0.4 is 5.32 Å². The highest BCUT2D eigenvalue weighted by molar-refractivity contribution is 5.97. The first-order chi connectivity index (χ1) is 5.84. The number of hydrogen-bond acceptors (Lipinski definition) is 2. The lowest BCUT2D eigenvalue weighted by Crippen LogP contribution is -2.22. The Morgan fingerprint density at radius 3 is 2.46 bits per heavy atom. The van der Waals surface area contributed by atoms with Crippen molar-refractivity contribution in [2.75, 3.05) is 13.1 Å². The third-order valence-corrected chi connectivity index (χ3v) is 1.63. The number of halogens is 1. The van der Waals surface area contributed by atoms with E-state index in [1.165, 1.54) is 0 Å². The molecule has 72 valence electrons. The highest BCUT2D eigenvalue weighted by atomic mass is 35.5. The number of Topliss-reactive ketones (excluding diaryl/α,β-unsaturated/α-hetero) is 1. The quantitative estimate of drug-likeness (QED) is 0.751. The topological polar surface area (TPSA) is 29.1 Å². The van der Waals surface area contributed by atoms with Crippen LogP contribution >= 0.6 is 12.4 Å². The van der Waals surface area contributed by atoms with Gasteiger partial charge >= 0.3 is 0 Å². The molecule has 0 saturated heterocycles. The number of ketones is 1. The minimum Gasteiger partial charge on any atom is -0.310 e. The monoisotopic (exact) mass is 199 g/mol. The first kappa shape index (κ1) is 12.1. The van der Waals surface area contributed by atoms with Crippen molar-refractivity contribution in [1.82, 2.24) is 5.32 Å². The standard InChI is InChI=1S/C10H13NO.ClH/c1-2-11-8-10(12)9-6-4-3-5-7-9;/h3-7,11H,2,8H2,1H3;1H. The van der Waals surface area contributed by atoms with E-state index in [1.807, 2.05) is 37.3 Å². The van der Waals surface area contributed by atoms with Gasteiger partial charge in [0.1, 0.15) is 0 Å². The maximum atomic E-state index is 11.3. The molecule has 0 bridgehead atoms. The molecule has 1 aromatic carbocycles. The van der Waals surface area contributed by atoms with E-state index in [4.69, 9.17) is 0 Å². The average molecular weight is 200 g/mol. The average Bonchev–Trinajstić information content (AvgIpc) is 2.15. The van der Waals surface area contributed by atoms with Crippen LogP contribution in [0.3, 0.4) is 0 Å². The molecular formula is C10H14ClNO. The molecule has 0 radical (unpaired) electrons. The highest BCUT2D eigenvalue weighted by Crippen LogP contribution is 1.98. The molecular weight excluding hydrogens is 186 g/mol. The van der Waals surface area contributed by atoms with Gasteiger partial charge in [-0.3, -0.25) is 4.79 Å². The molecule has 0 unspecified atom stereocenters. The van der Waals surface area contributed by atoms with Crippen molar-refractivity contribution in [3.8, 4) is 0 Å². The van der Waals surface area contributed by atoms with Gasteiger partial charge in [0.15, 0.2) is 5.78 Å². The van der Waals surface area contributed by atoms with Crippen molar-refractivity contribution in [2.45, 2.75) is 6.92 Å². The van der Waals surface area contributed by atoms with E-state index in [0.29, 0.717) is 6.54 Å². The number of rotatable bonds is 4. The Labute approximate surface area is 84.8 Å². The van der Waals surface area contributed by atoms with Crippen LogP contribution in [0.25, 0.3) is 0 Å². The Kier molecular flexibility index (Phi) is 6.20. The zero-order valence-corrected chi connectivity index (χ0v) is 8.43. The van der Waals surface area contributed by atoms with Gasteiger partial charge in [-0.25, -0.2) is 0 Å². The molecule has 0 amide bonds. The van der Waals surface area contributed by atoms with Crippen LogP contribution in [0.15, 0.2) is 30.3 Å². The minimum absolute atomic E-state index is 0. The number of hydrogen-bond donors (Lipinski definition) is 1. The fraction of sp³-hybridized carbons (Fsp3) is 0.300. The van der Waals surface area contributed by atoms with Gasteiger partial charge in [-0.15, -0.1) is 12.4 Å². The van der Waals surface area contributed by atoms with E-state index in [1.54, 1.807) is 0 Å². The summed E-state index contributed by atoms with van der Waals surface area (Å²) in [7, 11) is 0. The van der Waals surface area contributed by atoms with Crippen LogP contribution in [-0.2, 0) is 0 Å². The van der Waals surface area contributed by atoms with Crippen molar-refractivity contribution in [2.24, 2.45) is 0 Å². The third kappa shape index (κ3) is 4.06. The molecule has 1 aromatic rings. The van der Waals surface area contributed by atoms with Gasteiger partial charge < -0.3 is 5.32 Å². The highest BCUT2D eigenvalue weighted by Gasteiger charge is 2.01. The Morgan fingerprint density at radius 2 is 1.92 bits per heavy atom. The molecule has 3 heteroatoms. The predicted molar refractivity (Wildman–Crippen MR) is 56.6 cm³/mol. The van der Waals surface area contributed by atoms with Gasteiger partial charge in [0.25, 0.3) is 0 Å². The Hall–Kier alpha value is -0.860. The van der Waals surface area contributed by atoms with E-state index >= 15 is 0 Å². The molecule has 0 aliphatic rings. The molecule has 0 spiro atoms. The van der Waals surface area contributed by atoms with Crippen LogP contribution in [0.1, 0.15) is 17.3 Å². The molecule has 0 heterocycles. The Balaban J connectivity index is 0.00000144. The van der Waals surface area contributed by atoms with Crippen molar-refractivity contribution < 1.29 is 4.79 Å². The molecule has 0 saturated carbocycles. The lowest BCUT2D eigenvalue weighted by molar-refractivity contribution is 0.0992. The summed E-state index contributed by atoms with van der Waals surface area (Å²) in [4.78, 5) is 11.3. The summed E-state index contributed by atoms with van der Waals surface area (Å²) in [5.74, 6) is 0.150. The molecule has 1 N–H and O–H groups in total. The van der Waals surface area contributed by atoms with Gasteiger partial charge in [-0.2, -0.15) is 0 Å². The summed E-state index contributed by atoms with van der Waals surface area (Å²) >= 11 is 0. The number of carbonyl (C=O) groups excluding carboxylic acids is 1. The molecule has 2 nitrogen and oxygen atoms in total. The molecule has 0 fully saturated rings. The first-order valence-corrected chi connectivity index (χ1v) is 4.13. The molecule has 13 heavy (non-hydrogen) atoms. The van der Waals surface area contributed by atoms with E-state index < -0.39 is 0 Å². The summed E-state index contributed by atoms with van der Waals surface area (Å²) in [6.07, 6.45) is 0. The summed E-state index contributed by atoms with van der Waals surface area (Å²) in [6.45, 7) is 3.25. The van der Waals surface area contributed by atoms with Crippen molar-refractivity contribution in [3.63, 3.8) is 0 Å². The van der Waals surface area contributed by atoms with E-state index in [9.17, 15) is 4.79 Å². The molecule has 0 aromatic heterocycles. The van der Waals surface area contributed by atoms with Crippen molar-refractivity contribution in [1.29, 1.82) is 0 Å². The normalized spacial score (nSPS) is 9.00. The smallest absolute Gasteiger partial charge is 0.176 e. The second kappa shape index (κ2) is 6.63. The minimum atomic E-state index is 0. The largest absolute Gasteiger partial charge is 0.310 e. The van der Waals surface area contributed by atoms with Gasteiger partial charge in [-0.05, 0) is 6.54 Å². The van der Waals surface area contributed by atoms with Crippen LogP contribution in [-0.4, -0.2) is 18.9 Å². The summed E-state index contributed by atoms with van der Waals surface area (Å²) < 4.78 is 0. The van der Waals surface area contributed by atoms with Gasteiger partial charge in [0.2, 0.25) is 0 Å². The predicted octanol–water partition coefficient (Wildman–Crippen LogP) is 1.90. The third-order valence-electron chi connectivity index (χ3n) is 1.63. The summed E-state index contributed by atoms with van der Waals surface area (Å²) in [5, 5.41) is 3.00. The maximum absolute atomic E-state index is 11.3. The van der Waals surface area contributed by atoms with Crippen LogP contribution in [0.2, 0.25) is 0 Å². The van der Waals surface area contributed by atoms with E-state index in [-0.39, 0.29) is 18.2 Å². The molecule has 0 aliphatic carbocycles. The van der Waals surface area contributed by atoms with Crippen LogP contribution in [0.5, 0.6) is 0 Å². The number of likely N-dealkylation sites (N-methyl/N-ethyl adjacent to an activating group) is 1. The number of carbonyl (C=O) groups is 1. The fourth-order valence-corrected chi connectivity index (χ4v) is 0.965. The summed E-state index contributed by atoms with van der Waals surface area (Å²) in [6, 6.07) is 9.32. The second-order valence-corrected chi connectivity index (χ2v) is 2.57. The zero-order valence-electron chi connectivity index (χ0n) is 7.62. The van der Waals surface area contributed by atoms with Gasteiger partial charge in [0.05, 0.1) is 6.54 Å². The maximum Gasteiger partial charge on any atom is 0.176 e. The van der Waals surface area contributed by atoms with Crippen LogP contribution in [0, 0.1) is 0 Å². The van der Waals surface area contributed by atoms with Crippen molar-refractivity contribution in [3.05, 3.63) is 35.9 Å². The Bertz CT molecular complexity index is 248. The lowest BCUT2D eigenvalue weighted by Gasteiger charge is -1.99. The SMILES string of the molecule is CCNCC(=O)c1ccccc1.Cl. The van der Waals surface area contributed by atoms with Gasteiger partial charge in [-0.1, -0.05) is 37.3 Å². The van der Waals surface area contributed by atoms with Crippen LogP contribution in [0.4, 0.5) is 0 Å². The first-order valence-electron chi connectivity index (χ1n) is 4.13. The van der Waals surface area contributed by atoms with E-state index in [2.05, 4.69) is 5.32 Å². The molecule has 0 atom stereocenters. The van der Waals surface area contributed by atoms with Crippen molar-refractivity contribution >= 4 is 18.2 Å². The molecule has 0 aliphatic heterocycles. The van der Waals surface area contributed by atoms with E-state index in [0.717, 1.165) is 12.1 Å². The lowest BCUT2D eigenvalue weighted by atomic mass is 10.1. The number of benzene rings is 1. The number of nitrogens with one attached hydrogen (secondary N) is 1. The summed E-state index contributed by atoms with van der Waals surface area (Å²) in [5.41, 5.74) is 0.776. The zero-order chi connectivity index (χ0) is 8.81. The van der Waals surface area contributed by atoms with Gasteiger partial charge in [0, 0.05) is 5.56 Å². The Morgan fingerprint density at radius 1 is 1.31 bits per heavy atom. The molecule has 1 rings (SSSR count). The fourth-order valence-electron chi connectivity index (χ4n) is 0.965.